The average Bonchev–Trinajstić information content (AvgIpc) is 2.44. The topological polar surface area (TPSA) is 53.9 Å². The summed E-state index contributed by atoms with van der Waals surface area (Å²) in [7, 11) is 0. The third-order valence-corrected chi connectivity index (χ3v) is 2.99. The predicted molar refractivity (Wildman–Crippen MR) is 78.0 cm³/mol. The fraction of sp³-hybridized carbons (Fsp3) is 0.308. The van der Waals surface area contributed by atoms with Gasteiger partial charge in [-0.15, -0.1) is 0 Å². The molecule has 0 radical (unpaired) electrons. The lowest BCUT2D eigenvalue weighted by Gasteiger charge is -2.18. The van der Waals surface area contributed by atoms with Crippen molar-refractivity contribution in [2.45, 2.75) is 13.8 Å². The van der Waals surface area contributed by atoms with Gasteiger partial charge >= 0.3 is 0 Å². The summed E-state index contributed by atoms with van der Waals surface area (Å²) in [5.74, 6) is -0.749. The second kappa shape index (κ2) is 6.62. The van der Waals surface area contributed by atoms with Gasteiger partial charge in [0.15, 0.2) is 0 Å². The molecule has 1 aromatic heterocycles. The summed E-state index contributed by atoms with van der Waals surface area (Å²) < 4.78 is 26.8. The number of aromatic nitrogens is 3. The summed E-state index contributed by atoms with van der Waals surface area (Å²) >= 11 is 5.85. The van der Waals surface area contributed by atoms with Gasteiger partial charge in [0.1, 0.15) is 11.6 Å². The Morgan fingerprint density at radius 3 is 2.52 bits per heavy atom. The summed E-state index contributed by atoms with van der Waals surface area (Å²) in [6, 6.07) is 3.07. The van der Waals surface area contributed by atoms with Crippen LogP contribution < -0.4 is 10.2 Å². The SMILES string of the molecule is CCN(CC)c1nc(Cl)nc(Nc2cc(F)ccc2F)n1. The maximum atomic E-state index is 13.6. The molecule has 0 aliphatic rings. The van der Waals surface area contributed by atoms with Crippen LogP contribution in [0.2, 0.25) is 5.28 Å². The second-order valence-electron chi connectivity index (χ2n) is 4.15. The first-order chi connectivity index (χ1) is 10.0. The monoisotopic (exact) mass is 313 g/mol. The van der Waals surface area contributed by atoms with E-state index in [1.165, 1.54) is 0 Å². The highest BCUT2D eigenvalue weighted by Crippen LogP contribution is 2.21. The van der Waals surface area contributed by atoms with Crippen LogP contribution in [0.3, 0.4) is 0 Å². The van der Waals surface area contributed by atoms with E-state index in [9.17, 15) is 8.78 Å². The van der Waals surface area contributed by atoms with Gasteiger partial charge in [-0.25, -0.2) is 8.78 Å². The highest BCUT2D eigenvalue weighted by molar-refractivity contribution is 6.28. The summed E-state index contributed by atoms with van der Waals surface area (Å²) in [6.45, 7) is 5.26. The van der Waals surface area contributed by atoms with Gasteiger partial charge < -0.3 is 10.2 Å². The zero-order chi connectivity index (χ0) is 15.4. The molecule has 1 N–H and O–H groups in total. The number of benzene rings is 1. The van der Waals surface area contributed by atoms with E-state index in [2.05, 4.69) is 20.3 Å². The number of halogens is 3. The van der Waals surface area contributed by atoms with Gasteiger partial charge in [-0.1, -0.05) is 0 Å². The Morgan fingerprint density at radius 2 is 1.86 bits per heavy atom. The van der Waals surface area contributed by atoms with Crippen LogP contribution in [0.25, 0.3) is 0 Å². The molecule has 21 heavy (non-hydrogen) atoms. The number of nitrogens with one attached hydrogen (secondary N) is 1. The zero-order valence-electron chi connectivity index (χ0n) is 11.6. The average molecular weight is 314 g/mol. The molecular formula is C13H14ClF2N5. The van der Waals surface area contributed by atoms with Gasteiger partial charge in [-0.3, -0.25) is 0 Å². The highest BCUT2D eigenvalue weighted by Gasteiger charge is 2.12. The molecular weight excluding hydrogens is 300 g/mol. The molecule has 0 aliphatic carbocycles. The molecule has 0 spiro atoms. The van der Waals surface area contributed by atoms with Gasteiger partial charge in [-0.05, 0) is 37.6 Å². The number of anilines is 3. The Balaban J connectivity index is 2.34. The first kappa shape index (κ1) is 15.4. The van der Waals surface area contributed by atoms with Crippen molar-refractivity contribution >= 4 is 29.2 Å². The van der Waals surface area contributed by atoms with Crippen molar-refractivity contribution in [1.29, 1.82) is 0 Å². The first-order valence-corrected chi connectivity index (χ1v) is 6.79. The third-order valence-electron chi connectivity index (χ3n) is 2.82. The molecule has 0 saturated heterocycles. The molecule has 1 aromatic carbocycles. The summed E-state index contributed by atoms with van der Waals surface area (Å²) in [4.78, 5) is 13.9. The first-order valence-electron chi connectivity index (χ1n) is 6.42. The molecule has 0 aliphatic heterocycles. The molecule has 0 amide bonds. The van der Waals surface area contributed by atoms with E-state index in [4.69, 9.17) is 11.6 Å². The lowest BCUT2D eigenvalue weighted by Crippen LogP contribution is -2.24. The van der Waals surface area contributed by atoms with E-state index in [0.29, 0.717) is 19.0 Å². The summed E-state index contributed by atoms with van der Waals surface area (Å²) in [5, 5.41) is 2.59. The van der Waals surface area contributed by atoms with Crippen molar-refractivity contribution in [3.8, 4) is 0 Å². The van der Waals surface area contributed by atoms with Crippen molar-refractivity contribution < 1.29 is 8.78 Å². The Bertz CT molecular complexity index is 634. The van der Waals surface area contributed by atoms with Crippen molar-refractivity contribution in [2.24, 2.45) is 0 Å². The van der Waals surface area contributed by atoms with E-state index in [1.54, 1.807) is 0 Å². The summed E-state index contributed by atoms with van der Waals surface area (Å²) in [5.41, 5.74) is -0.0669. The summed E-state index contributed by atoms with van der Waals surface area (Å²) in [6.07, 6.45) is 0. The lowest BCUT2D eigenvalue weighted by atomic mass is 10.3. The largest absolute Gasteiger partial charge is 0.341 e. The highest BCUT2D eigenvalue weighted by atomic mass is 35.5. The van der Waals surface area contributed by atoms with E-state index < -0.39 is 11.6 Å². The fourth-order valence-electron chi connectivity index (χ4n) is 1.76. The fourth-order valence-corrected chi connectivity index (χ4v) is 1.91. The Labute approximate surface area is 126 Å². The molecule has 2 rings (SSSR count). The smallest absolute Gasteiger partial charge is 0.233 e. The molecule has 8 heteroatoms. The normalized spacial score (nSPS) is 10.5. The van der Waals surface area contributed by atoms with Crippen molar-refractivity contribution in [2.75, 3.05) is 23.3 Å². The quantitative estimate of drug-likeness (QED) is 0.917. The minimum Gasteiger partial charge on any atom is -0.341 e. The van der Waals surface area contributed by atoms with Crippen molar-refractivity contribution in [3.63, 3.8) is 0 Å². The van der Waals surface area contributed by atoms with Gasteiger partial charge in [0.05, 0.1) is 5.69 Å². The second-order valence-corrected chi connectivity index (χ2v) is 4.49. The maximum Gasteiger partial charge on any atom is 0.233 e. The Morgan fingerprint density at radius 1 is 1.14 bits per heavy atom. The van der Waals surface area contributed by atoms with Crippen LogP contribution in [0.15, 0.2) is 18.2 Å². The van der Waals surface area contributed by atoms with Crippen LogP contribution in [0.1, 0.15) is 13.8 Å². The Kier molecular flexibility index (Phi) is 4.85. The van der Waals surface area contributed by atoms with E-state index in [-0.39, 0.29) is 16.9 Å². The predicted octanol–water partition coefficient (Wildman–Crippen LogP) is 3.39. The van der Waals surface area contributed by atoms with Gasteiger partial charge in [0, 0.05) is 19.2 Å². The molecule has 1 heterocycles. The minimum absolute atomic E-state index is 0.0220. The van der Waals surface area contributed by atoms with Gasteiger partial charge in [-0.2, -0.15) is 15.0 Å². The van der Waals surface area contributed by atoms with Crippen LogP contribution in [-0.4, -0.2) is 28.0 Å². The molecule has 5 nitrogen and oxygen atoms in total. The number of hydrogen-bond acceptors (Lipinski definition) is 5. The van der Waals surface area contributed by atoms with E-state index in [0.717, 1.165) is 18.2 Å². The van der Waals surface area contributed by atoms with Crippen LogP contribution in [-0.2, 0) is 0 Å². The molecule has 0 saturated carbocycles. The third kappa shape index (κ3) is 3.75. The minimum atomic E-state index is -0.614. The van der Waals surface area contributed by atoms with Crippen LogP contribution in [0.4, 0.5) is 26.4 Å². The lowest BCUT2D eigenvalue weighted by molar-refractivity contribution is 0.603. The number of nitrogens with zero attached hydrogens (tertiary/aromatic N) is 4. The Hall–Kier alpha value is -2.02. The zero-order valence-corrected chi connectivity index (χ0v) is 12.3. The standard InChI is InChI=1S/C13H14ClF2N5/c1-3-21(4-2)13-19-11(14)18-12(20-13)17-10-7-8(15)5-6-9(10)16/h5-7H,3-4H2,1-2H3,(H,17,18,19,20). The van der Waals surface area contributed by atoms with Crippen molar-refractivity contribution in [3.05, 3.63) is 35.1 Å². The molecule has 0 atom stereocenters. The van der Waals surface area contributed by atoms with Crippen LogP contribution in [0.5, 0.6) is 0 Å². The molecule has 0 unspecified atom stereocenters. The molecule has 0 bridgehead atoms. The van der Waals surface area contributed by atoms with E-state index in [1.807, 2.05) is 18.7 Å². The van der Waals surface area contributed by atoms with Crippen LogP contribution >= 0.6 is 11.6 Å². The molecule has 0 fully saturated rings. The van der Waals surface area contributed by atoms with Crippen molar-refractivity contribution in [1.82, 2.24) is 15.0 Å². The van der Waals surface area contributed by atoms with Gasteiger partial charge in [0.25, 0.3) is 0 Å². The van der Waals surface area contributed by atoms with Crippen LogP contribution in [0, 0.1) is 11.6 Å². The van der Waals surface area contributed by atoms with E-state index >= 15 is 0 Å². The number of hydrogen-bond donors (Lipinski definition) is 1. The number of rotatable bonds is 5. The molecule has 112 valence electrons. The van der Waals surface area contributed by atoms with Gasteiger partial charge in [0.2, 0.25) is 17.2 Å². The maximum absolute atomic E-state index is 13.6. The molecule has 2 aromatic rings.